The minimum Gasteiger partial charge on any atom is -0.508 e. The lowest BCUT2D eigenvalue weighted by atomic mass is 9.94. The fourth-order valence-electron chi connectivity index (χ4n) is 3.93. The van der Waals surface area contributed by atoms with Crippen molar-refractivity contribution >= 4 is 5.97 Å². The fraction of sp³-hybridized carbons (Fsp3) is 0.562. The molecule has 114 valence electrons. The smallest absolute Gasteiger partial charge is 0.321 e. The van der Waals surface area contributed by atoms with Crippen LogP contribution >= 0.6 is 0 Å². The van der Waals surface area contributed by atoms with Crippen LogP contribution < -0.4 is 4.74 Å². The molecule has 0 bridgehead atoms. The molecule has 1 aromatic rings. The molecule has 2 aliphatic rings. The second kappa shape index (κ2) is 5.56. The van der Waals surface area contributed by atoms with Gasteiger partial charge in [-0.2, -0.15) is 0 Å². The first-order valence-corrected chi connectivity index (χ1v) is 7.43. The number of hydrogen-bond donors (Lipinski definition) is 2. The topological polar surface area (TPSA) is 70.0 Å². The Kier molecular flexibility index (Phi) is 3.76. The van der Waals surface area contributed by atoms with Crippen molar-refractivity contribution in [2.75, 3.05) is 13.7 Å². The van der Waals surface area contributed by atoms with Crippen LogP contribution in [0.3, 0.4) is 0 Å². The molecular weight excluding hydrogens is 270 g/mol. The van der Waals surface area contributed by atoms with Gasteiger partial charge in [0.2, 0.25) is 0 Å². The van der Waals surface area contributed by atoms with Crippen molar-refractivity contribution in [2.45, 2.75) is 31.8 Å². The van der Waals surface area contributed by atoms with E-state index in [0.717, 1.165) is 31.4 Å². The summed E-state index contributed by atoms with van der Waals surface area (Å²) in [5.41, 5.74) is 0.723. The average molecular weight is 291 g/mol. The Bertz CT molecular complexity index is 545. The molecule has 1 saturated carbocycles. The van der Waals surface area contributed by atoms with Crippen molar-refractivity contribution in [1.82, 2.24) is 4.90 Å². The molecule has 1 heterocycles. The molecule has 5 heteroatoms. The molecule has 5 nitrogen and oxygen atoms in total. The van der Waals surface area contributed by atoms with Crippen LogP contribution in [0.2, 0.25) is 0 Å². The SMILES string of the molecule is COc1ccc(O)c(CN2CC3CCCC3C2C(=O)O)c1. The summed E-state index contributed by atoms with van der Waals surface area (Å²) < 4.78 is 5.18. The second-order valence-corrected chi connectivity index (χ2v) is 6.06. The van der Waals surface area contributed by atoms with E-state index in [9.17, 15) is 15.0 Å². The van der Waals surface area contributed by atoms with Crippen LogP contribution in [0.1, 0.15) is 24.8 Å². The highest BCUT2D eigenvalue weighted by molar-refractivity contribution is 5.74. The van der Waals surface area contributed by atoms with E-state index in [1.54, 1.807) is 25.3 Å². The van der Waals surface area contributed by atoms with Crippen LogP contribution in [0.25, 0.3) is 0 Å². The number of fused-ring (bicyclic) bond motifs is 1. The summed E-state index contributed by atoms with van der Waals surface area (Å²) in [6, 6.07) is 4.65. The molecule has 1 aromatic carbocycles. The van der Waals surface area contributed by atoms with E-state index in [2.05, 4.69) is 0 Å². The number of carbonyl (C=O) groups is 1. The zero-order valence-electron chi connectivity index (χ0n) is 12.2. The molecule has 1 aliphatic carbocycles. The minimum atomic E-state index is -0.744. The third kappa shape index (κ3) is 2.58. The van der Waals surface area contributed by atoms with E-state index in [1.807, 2.05) is 4.90 Å². The summed E-state index contributed by atoms with van der Waals surface area (Å²) in [4.78, 5) is 13.6. The van der Waals surface area contributed by atoms with Gasteiger partial charge in [-0.25, -0.2) is 0 Å². The van der Waals surface area contributed by atoms with Gasteiger partial charge in [0.1, 0.15) is 17.5 Å². The third-order valence-electron chi connectivity index (χ3n) is 4.90. The summed E-state index contributed by atoms with van der Waals surface area (Å²) in [6.07, 6.45) is 3.26. The Hall–Kier alpha value is -1.75. The summed E-state index contributed by atoms with van der Waals surface area (Å²) >= 11 is 0. The zero-order chi connectivity index (χ0) is 15.0. The van der Waals surface area contributed by atoms with E-state index < -0.39 is 12.0 Å². The van der Waals surface area contributed by atoms with Gasteiger partial charge in [-0.3, -0.25) is 9.69 Å². The van der Waals surface area contributed by atoms with Crippen LogP contribution in [-0.2, 0) is 11.3 Å². The molecule has 0 aromatic heterocycles. The number of phenolic OH excluding ortho intramolecular Hbond substituents is 1. The van der Waals surface area contributed by atoms with E-state index in [0.29, 0.717) is 18.2 Å². The average Bonchev–Trinajstić information content (AvgIpc) is 3.00. The molecule has 1 aliphatic heterocycles. The van der Waals surface area contributed by atoms with Crippen LogP contribution in [-0.4, -0.2) is 40.8 Å². The number of aromatic hydroxyl groups is 1. The van der Waals surface area contributed by atoms with Crippen LogP contribution in [0.4, 0.5) is 0 Å². The number of methoxy groups -OCH3 is 1. The summed E-state index contributed by atoms with van der Waals surface area (Å²) in [7, 11) is 1.58. The van der Waals surface area contributed by atoms with Crippen molar-refractivity contribution in [3.05, 3.63) is 23.8 Å². The van der Waals surface area contributed by atoms with Gasteiger partial charge in [-0.05, 0) is 42.9 Å². The lowest BCUT2D eigenvalue weighted by Crippen LogP contribution is -2.39. The van der Waals surface area contributed by atoms with Crippen LogP contribution in [0, 0.1) is 11.8 Å². The van der Waals surface area contributed by atoms with Gasteiger partial charge in [-0.15, -0.1) is 0 Å². The maximum atomic E-state index is 11.6. The Morgan fingerprint density at radius 2 is 2.24 bits per heavy atom. The van der Waals surface area contributed by atoms with Crippen molar-refractivity contribution in [3.63, 3.8) is 0 Å². The number of carboxylic acids is 1. The first-order valence-electron chi connectivity index (χ1n) is 7.43. The highest BCUT2D eigenvalue weighted by Gasteiger charge is 2.47. The van der Waals surface area contributed by atoms with Gasteiger partial charge < -0.3 is 14.9 Å². The number of rotatable bonds is 4. The van der Waals surface area contributed by atoms with Crippen molar-refractivity contribution in [2.24, 2.45) is 11.8 Å². The number of hydrogen-bond acceptors (Lipinski definition) is 4. The Morgan fingerprint density at radius 1 is 1.43 bits per heavy atom. The van der Waals surface area contributed by atoms with Gasteiger partial charge in [0.15, 0.2) is 0 Å². The number of ether oxygens (including phenoxy) is 1. The summed E-state index contributed by atoms with van der Waals surface area (Å²) in [6.45, 7) is 1.26. The maximum absolute atomic E-state index is 11.6. The molecule has 3 atom stereocenters. The van der Waals surface area contributed by atoms with E-state index in [4.69, 9.17) is 4.74 Å². The highest BCUT2D eigenvalue weighted by atomic mass is 16.5. The fourth-order valence-corrected chi connectivity index (χ4v) is 3.93. The van der Waals surface area contributed by atoms with Gasteiger partial charge in [0.25, 0.3) is 0 Å². The van der Waals surface area contributed by atoms with Crippen LogP contribution in [0.15, 0.2) is 18.2 Å². The molecular formula is C16H21NO4. The van der Waals surface area contributed by atoms with Crippen LogP contribution in [0.5, 0.6) is 11.5 Å². The molecule has 3 unspecified atom stereocenters. The summed E-state index contributed by atoms with van der Waals surface area (Å²) in [5, 5.41) is 19.5. The van der Waals surface area contributed by atoms with Gasteiger partial charge in [-0.1, -0.05) is 6.42 Å². The number of benzene rings is 1. The lowest BCUT2D eigenvalue weighted by molar-refractivity contribution is -0.143. The second-order valence-electron chi connectivity index (χ2n) is 6.06. The van der Waals surface area contributed by atoms with Gasteiger partial charge >= 0.3 is 5.97 Å². The van der Waals surface area contributed by atoms with Crippen molar-refractivity contribution in [1.29, 1.82) is 0 Å². The predicted octanol–water partition coefficient (Wildman–Crippen LogP) is 2.09. The molecule has 21 heavy (non-hydrogen) atoms. The normalized spacial score (nSPS) is 28.5. The first kappa shape index (κ1) is 14.2. The van der Waals surface area contributed by atoms with Gasteiger partial charge in [0.05, 0.1) is 7.11 Å². The number of aliphatic carboxylic acids is 1. The number of nitrogens with zero attached hydrogens (tertiary/aromatic N) is 1. The predicted molar refractivity (Wildman–Crippen MR) is 77.3 cm³/mol. The maximum Gasteiger partial charge on any atom is 0.321 e. The largest absolute Gasteiger partial charge is 0.508 e. The molecule has 3 rings (SSSR count). The van der Waals surface area contributed by atoms with E-state index in [1.165, 1.54) is 0 Å². The first-order chi connectivity index (χ1) is 10.1. The van der Waals surface area contributed by atoms with Crippen molar-refractivity contribution in [3.8, 4) is 11.5 Å². The Morgan fingerprint density at radius 3 is 2.95 bits per heavy atom. The Labute approximate surface area is 124 Å². The monoisotopic (exact) mass is 291 g/mol. The zero-order valence-corrected chi connectivity index (χ0v) is 12.2. The third-order valence-corrected chi connectivity index (χ3v) is 4.90. The summed E-state index contributed by atoms with van der Waals surface area (Å²) in [5.74, 6) is 0.868. The molecule has 2 N–H and O–H groups in total. The molecule has 0 spiro atoms. The van der Waals surface area contributed by atoms with E-state index in [-0.39, 0.29) is 11.7 Å². The number of carboxylic acid groups (broad SMARTS) is 1. The molecule has 0 radical (unpaired) electrons. The molecule has 2 fully saturated rings. The van der Waals surface area contributed by atoms with E-state index >= 15 is 0 Å². The lowest BCUT2D eigenvalue weighted by Gasteiger charge is -2.24. The number of likely N-dealkylation sites (tertiary alicyclic amines) is 1. The van der Waals surface area contributed by atoms with Crippen molar-refractivity contribution < 1.29 is 19.7 Å². The Balaban J connectivity index is 1.82. The standard InChI is InChI=1S/C16H21NO4/c1-21-12-5-6-14(18)11(7-12)9-17-8-10-3-2-4-13(10)15(17)16(19)20/h5-7,10,13,15,18H,2-4,8-9H2,1H3,(H,19,20). The minimum absolute atomic E-state index is 0.192. The highest BCUT2D eigenvalue weighted by Crippen LogP contribution is 2.43. The number of phenols is 1. The quantitative estimate of drug-likeness (QED) is 0.889. The molecule has 1 saturated heterocycles. The molecule has 0 amide bonds. The van der Waals surface area contributed by atoms with Gasteiger partial charge in [0, 0.05) is 18.7 Å².